The molecule has 1 unspecified atom stereocenters. The zero-order valence-corrected chi connectivity index (χ0v) is 13.4. The van der Waals surface area contributed by atoms with Crippen LogP contribution >= 0.6 is 0 Å². The highest BCUT2D eigenvalue weighted by Gasteiger charge is 2.31. The molecule has 0 bridgehead atoms. The smallest absolute Gasteiger partial charge is 0.0865 e. The van der Waals surface area contributed by atoms with Crippen LogP contribution in [0.15, 0.2) is 24.3 Å². The van der Waals surface area contributed by atoms with Crippen molar-refractivity contribution in [2.45, 2.75) is 38.3 Å². The van der Waals surface area contributed by atoms with Gasteiger partial charge in [0.1, 0.15) is 0 Å². The zero-order valence-electron chi connectivity index (χ0n) is 13.4. The van der Waals surface area contributed by atoms with Gasteiger partial charge in [-0.25, -0.2) is 0 Å². The zero-order chi connectivity index (χ0) is 15.3. The van der Waals surface area contributed by atoms with E-state index in [1.165, 1.54) is 11.3 Å². The van der Waals surface area contributed by atoms with E-state index in [4.69, 9.17) is 4.74 Å². The fourth-order valence-corrected chi connectivity index (χ4v) is 3.05. The average Bonchev–Trinajstić information content (AvgIpc) is 2.47. The van der Waals surface area contributed by atoms with Gasteiger partial charge in [-0.2, -0.15) is 0 Å². The highest BCUT2D eigenvalue weighted by Crippen LogP contribution is 2.29. The van der Waals surface area contributed by atoms with Crippen molar-refractivity contribution in [2.75, 3.05) is 38.3 Å². The molecule has 1 aliphatic rings. The Hall–Kier alpha value is -1.10. The maximum absolute atomic E-state index is 10.7. The first-order chi connectivity index (χ1) is 10.1. The highest BCUT2D eigenvalue weighted by molar-refractivity contribution is 5.54. The van der Waals surface area contributed by atoms with E-state index in [0.717, 1.165) is 6.54 Å². The normalized spacial score (nSPS) is 19.2. The predicted molar refractivity (Wildman–Crippen MR) is 86.8 cm³/mol. The lowest BCUT2D eigenvalue weighted by atomic mass is 9.93. The topological polar surface area (TPSA) is 44.7 Å². The molecule has 0 saturated carbocycles. The summed E-state index contributed by atoms with van der Waals surface area (Å²) in [7, 11) is 2.06. The molecule has 2 rings (SSSR count). The van der Waals surface area contributed by atoms with Crippen molar-refractivity contribution in [1.29, 1.82) is 0 Å². The maximum Gasteiger partial charge on any atom is 0.0865 e. The van der Waals surface area contributed by atoms with Crippen LogP contribution in [0.5, 0.6) is 0 Å². The Labute approximate surface area is 128 Å². The van der Waals surface area contributed by atoms with Gasteiger partial charge in [0.25, 0.3) is 0 Å². The van der Waals surface area contributed by atoms with Crippen molar-refractivity contribution in [2.24, 2.45) is 0 Å². The largest absolute Gasteiger partial charge is 0.388 e. The Bertz CT molecular complexity index is 444. The van der Waals surface area contributed by atoms with Crippen LogP contribution in [0.1, 0.15) is 38.3 Å². The van der Waals surface area contributed by atoms with E-state index in [-0.39, 0.29) is 0 Å². The molecule has 1 aromatic rings. The number of aliphatic hydroxyl groups is 1. The number of ether oxygens (including phenoxy) is 1. The van der Waals surface area contributed by atoms with Gasteiger partial charge < -0.3 is 20.1 Å². The lowest BCUT2D eigenvalue weighted by molar-refractivity contribution is -0.0572. The molecule has 1 saturated heterocycles. The van der Waals surface area contributed by atoms with E-state index in [1.807, 2.05) is 0 Å². The van der Waals surface area contributed by atoms with Gasteiger partial charge in [-0.3, -0.25) is 0 Å². The van der Waals surface area contributed by atoms with Gasteiger partial charge >= 0.3 is 0 Å². The summed E-state index contributed by atoms with van der Waals surface area (Å²) in [6.07, 6.45) is 1.42. The van der Waals surface area contributed by atoms with Crippen LogP contribution < -0.4 is 10.2 Å². The lowest BCUT2D eigenvalue weighted by Crippen LogP contribution is -2.46. The molecule has 4 nitrogen and oxygen atoms in total. The molecule has 1 aromatic carbocycles. The van der Waals surface area contributed by atoms with E-state index in [0.29, 0.717) is 38.6 Å². The molecule has 118 valence electrons. The van der Waals surface area contributed by atoms with Crippen molar-refractivity contribution in [3.63, 3.8) is 0 Å². The Morgan fingerprint density at radius 1 is 1.33 bits per heavy atom. The SMILES string of the molecule is CCNC(C)c1ccccc1N(C)CC1(O)CCOCC1. The Morgan fingerprint density at radius 3 is 2.67 bits per heavy atom. The van der Waals surface area contributed by atoms with E-state index >= 15 is 0 Å². The second kappa shape index (κ2) is 7.25. The van der Waals surface area contributed by atoms with Crippen LogP contribution in [-0.2, 0) is 4.74 Å². The van der Waals surface area contributed by atoms with Crippen LogP contribution in [-0.4, -0.2) is 44.1 Å². The summed E-state index contributed by atoms with van der Waals surface area (Å²) >= 11 is 0. The number of nitrogens with zero attached hydrogens (tertiary/aromatic N) is 1. The van der Waals surface area contributed by atoms with Crippen molar-refractivity contribution in [1.82, 2.24) is 5.32 Å². The third kappa shape index (κ3) is 4.19. The second-order valence-electron chi connectivity index (χ2n) is 6.03. The number of nitrogens with one attached hydrogen (secondary N) is 1. The molecule has 0 amide bonds. The highest BCUT2D eigenvalue weighted by atomic mass is 16.5. The molecular weight excluding hydrogens is 264 g/mol. The molecule has 1 heterocycles. The number of hydrogen-bond acceptors (Lipinski definition) is 4. The van der Waals surface area contributed by atoms with E-state index in [2.05, 4.69) is 55.4 Å². The van der Waals surface area contributed by atoms with Crippen molar-refractivity contribution in [3.8, 4) is 0 Å². The van der Waals surface area contributed by atoms with Gasteiger partial charge in [-0.15, -0.1) is 0 Å². The van der Waals surface area contributed by atoms with Crippen LogP contribution in [0, 0.1) is 0 Å². The van der Waals surface area contributed by atoms with Crippen LogP contribution in [0.4, 0.5) is 5.69 Å². The summed E-state index contributed by atoms with van der Waals surface area (Å²) < 4.78 is 5.36. The van der Waals surface area contributed by atoms with Gasteiger partial charge in [-0.1, -0.05) is 25.1 Å². The van der Waals surface area contributed by atoms with Gasteiger partial charge in [-0.05, 0) is 25.1 Å². The lowest BCUT2D eigenvalue weighted by Gasteiger charge is -2.37. The number of rotatable bonds is 6. The number of hydrogen-bond donors (Lipinski definition) is 2. The van der Waals surface area contributed by atoms with Crippen LogP contribution in [0.3, 0.4) is 0 Å². The third-order valence-corrected chi connectivity index (χ3v) is 4.28. The summed E-state index contributed by atoms with van der Waals surface area (Å²) in [4.78, 5) is 2.18. The first-order valence-corrected chi connectivity index (χ1v) is 7.89. The first-order valence-electron chi connectivity index (χ1n) is 7.89. The quantitative estimate of drug-likeness (QED) is 0.845. The minimum atomic E-state index is -0.637. The molecule has 21 heavy (non-hydrogen) atoms. The number of anilines is 1. The van der Waals surface area contributed by atoms with E-state index in [9.17, 15) is 5.11 Å². The molecular formula is C17H28N2O2. The molecule has 1 fully saturated rings. The minimum Gasteiger partial charge on any atom is -0.388 e. The average molecular weight is 292 g/mol. The first kappa shape index (κ1) is 16.3. The number of para-hydroxylation sites is 1. The second-order valence-corrected chi connectivity index (χ2v) is 6.03. The fraction of sp³-hybridized carbons (Fsp3) is 0.647. The van der Waals surface area contributed by atoms with Gasteiger partial charge in [0.05, 0.1) is 5.60 Å². The van der Waals surface area contributed by atoms with Crippen molar-refractivity contribution < 1.29 is 9.84 Å². The minimum absolute atomic E-state index is 0.304. The number of benzene rings is 1. The molecule has 4 heteroatoms. The summed E-state index contributed by atoms with van der Waals surface area (Å²) in [6.45, 7) is 7.19. The maximum atomic E-state index is 10.7. The monoisotopic (exact) mass is 292 g/mol. The molecule has 0 radical (unpaired) electrons. The summed E-state index contributed by atoms with van der Waals surface area (Å²) in [5, 5.41) is 14.2. The standard InChI is InChI=1S/C17H28N2O2/c1-4-18-14(2)15-7-5-6-8-16(15)19(3)13-17(20)9-11-21-12-10-17/h5-8,14,18,20H,4,9-13H2,1-3H3. The fourth-order valence-electron chi connectivity index (χ4n) is 3.05. The van der Waals surface area contributed by atoms with Gasteiger partial charge in [0.2, 0.25) is 0 Å². The predicted octanol–water partition coefficient (Wildman–Crippen LogP) is 2.33. The van der Waals surface area contributed by atoms with Crippen molar-refractivity contribution in [3.05, 3.63) is 29.8 Å². The molecule has 2 N–H and O–H groups in total. The molecule has 0 aliphatic carbocycles. The Balaban J connectivity index is 2.13. The Morgan fingerprint density at radius 2 is 2.00 bits per heavy atom. The van der Waals surface area contributed by atoms with Gasteiger partial charge in [0.15, 0.2) is 0 Å². The van der Waals surface area contributed by atoms with Crippen LogP contribution in [0.25, 0.3) is 0 Å². The number of likely N-dealkylation sites (N-methyl/N-ethyl adjacent to an activating group) is 1. The van der Waals surface area contributed by atoms with Crippen LogP contribution in [0.2, 0.25) is 0 Å². The summed E-state index contributed by atoms with van der Waals surface area (Å²) in [5.41, 5.74) is 1.82. The third-order valence-electron chi connectivity index (χ3n) is 4.28. The molecule has 0 spiro atoms. The molecule has 0 aromatic heterocycles. The summed E-state index contributed by atoms with van der Waals surface area (Å²) in [5.74, 6) is 0. The van der Waals surface area contributed by atoms with Gasteiger partial charge in [0, 0.05) is 51.4 Å². The van der Waals surface area contributed by atoms with E-state index < -0.39 is 5.60 Å². The molecule has 1 atom stereocenters. The molecule has 1 aliphatic heterocycles. The Kier molecular flexibility index (Phi) is 5.62. The summed E-state index contributed by atoms with van der Waals surface area (Å²) in [6, 6.07) is 8.73. The van der Waals surface area contributed by atoms with Crippen molar-refractivity contribution >= 4 is 5.69 Å². The van der Waals surface area contributed by atoms with E-state index in [1.54, 1.807) is 0 Å².